The Labute approximate surface area is 180 Å². The Morgan fingerprint density at radius 3 is 2.65 bits per heavy atom. The molecule has 31 heavy (non-hydrogen) atoms. The molecule has 3 aromatic rings. The van der Waals surface area contributed by atoms with Crippen molar-refractivity contribution >= 4 is 22.9 Å². The third kappa shape index (κ3) is 4.39. The minimum absolute atomic E-state index is 0.0665. The lowest BCUT2D eigenvalue weighted by molar-refractivity contribution is -0.138. The summed E-state index contributed by atoms with van der Waals surface area (Å²) in [5, 5.41) is 10.2. The minimum Gasteiger partial charge on any atom is -0.462 e. The Bertz CT molecular complexity index is 1230. The third-order valence-corrected chi connectivity index (χ3v) is 5.20. The fourth-order valence-corrected chi connectivity index (χ4v) is 3.61. The Hall–Kier alpha value is -3.78. The van der Waals surface area contributed by atoms with Crippen LogP contribution in [0.1, 0.15) is 36.9 Å². The molecule has 1 saturated carbocycles. The number of halogens is 1. The van der Waals surface area contributed by atoms with E-state index in [0.717, 1.165) is 46.1 Å². The van der Waals surface area contributed by atoms with Crippen LogP contribution in [-0.4, -0.2) is 17.6 Å². The van der Waals surface area contributed by atoms with Gasteiger partial charge in [0, 0.05) is 22.4 Å². The van der Waals surface area contributed by atoms with E-state index < -0.39 is 5.97 Å². The summed E-state index contributed by atoms with van der Waals surface area (Å²) in [6.07, 6.45) is 7.15. The minimum atomic E-state index is -0.646. The van der Waals surface area contributed by atoms with Gasteiger partial charge < -0.3 is 4.74 Å². The fourth-order valence-electron chi connectivity index (χ4n) is 3.61. The summed E-state index contributed by atoms with van der Waals surface area (Å²) in [5.41, 5.74) is 4.58. The molecule has 1 aliphatic carbocycles. The summed E-state index contributed by atoms with van der Waals surface area (Å²) in [5.74, 6) is -0.571. The third-order valence-electron chi connectivity index (χ3n) is 5.20. The molecule has 0 radical (unpaired) electrons. The van der Waals surface area contributed by atoms with Crippen LogP contribution in [-0.2, 0) is 9.53 Å². The lowest BCUT2D eigenvalue weighted by Crippen LogP contribution is -2.05. The Balaban J connectivity index is 1.90. The molecule has 0 spiro atoms. The summed E-state index contributed by atoms with van der Waals surface area (Å²) in [6.45, 7) is 1.90. The first-order valence-electron chi connectivity index (χ1n) is 10.3. The first kappa shape index (κ1) is 20.5. The van der Waals surface area contributed by atoms with Gasteiger partial charge in [0.2, 0.25) is 0 Å². The number of allylic oxidation sites excluding steroid dienone is 2. The molecule has 4 nitrogen and oxygen atoms in total. The van der Waals surface area contributed by atoms with Crippen LogP contribution in [0.5, 0.6) is 0 Å². The van der Waals surface area contributed by atoms with Gasteiger partial charge in [-0.3, -0.25) is 4.98 Å². The smallest absolute Gasteiger partial charge is 0.348 e. The topological polar surface area (TPSA) is 63.0 Å². The van der Waals surface area contributed by atoms with Crippen molar-refractivity contribution in [2.24, 2.45) is 0 Å². The molecular weight excluding hydrogens is 391 g/mol. The largest absolute Gasteiger partial charge is 0.462 e. The molecule has 0 atom stereocenters. The van der Waals surface area contributed by atoms with Gasteiger partial charge in [0.15, 0.2) is 0 Å². The molecular formula is C26H21FN2O2. The molecule has 0 unspecified atom stereocenters. The molecule has 1 aliphatic rings. The van der Waals surface area contributed by atoms with Crippen LogP contribution >= 0.6 is 0 Å². The van der Waals surface area contributed by atoms with Gasteiger partial charge in [-0.25, -0.2) is 9.18 Å². The van der Waals surface area contributed by atoms with Crippen molar-refractivity contribution < 1.29 is 13.9 Å². The number of ether oxygens (including phenoxy) is 1. The SMILES string of the molecule is CCOC(=O)/C(C#N)=C/C=C/c1c(C2CC2)nc2ccccc2c1-c1ccc(F)cc1. The van der Waals surface area contributed by atoms with Gasteiger partial charge in [-0.2, -0.15) is 5.26 Å². The summed E-state index contributed by atoms with van der Waals surface area (Å²) in [6, 6.07) is 16.2. The zero-order valence-corrected chi connectivity index (χ0v) is 17.1. The van der Waals surface area contributed by atoms with E-state index >= 15 is 0 Å². The number of hydrogen-bond acceptors (Lipinski definition) is 4. The summed E-state index contributed by atoms with van der Waals surface area (Å²) in [4.78, 5) is 16.8. The summed E-state index contributed by atoms with van der Waals surface area (Å²) < 4.78 is 18.5. The average molecular weight is 412 g/mol. The van der Waals surface area contributed by atoms with Crippen LogP contribution in [0.25, 0.3) is 28.1 Å². The van der Waals surface area contributed by atoms with Gasteiger partial charge in [-0.15, -0.1) is 0 Å². The number of pyridine rings is 1. The molecule has 0 N–H and O–H groups in total. The molecule has 1 aromatic heterocycles. The zero-order valence-electron chi connectivity index (χ0n) is 17.1. The predicted octanol–water partition coefficient (Wildman–Crippen LogP) is 5.94. The first-order chi connectivity index (χ1) is 15.1. The van der Waals surface area contributed by atoms with E-state index in [2.05, 4.69) is 0 Å². The summed E-state index contributed by atoms with van der Waals surface area (Å²) in [7, 11) is 0. The van der Waals surface area contributed by atoms with Crippen molar-refractivity contribution in [1.29, 1.82) is 5.26 Å². The highest BCUT2D eigenvalue weighted by atomic mass is 19.1. The highest BCUT2D eigenvalue weighted by molar-refractivity contribution is 6.00. The van der Waals surface area contributed by atoms with Gasteiger partial charge in [0.1, 0.15) is 17.5 Å². The van der Waals surface area contributed by atoms with Gasteiger partial charge in [-0.05, 0) is 49.6 Å². The maximum atomic E-state index is 13.6. The van der Waals surface area contributed by atoms with E-state index in [1.165, 1.54) is 18.2 Å². The molecule has 0 aliphatic heterocycles. The molecule has 0 bridgehead atoms. The van der Waals surface area contributed by atoms with Gasteiger partial charge in [0.25, 0.3) is 0 Å². The Morgan fingerprint density at radius 2 is 1.97 bits per heavy atom. The zero-order chi connectivity index (χ0) is 21.8. The van der Waals surface area contributed by atoms with Crippen LogP contribution < -0.4 is 0 Å². The monoisotopic (exact) mass is 412 g/mol. The number of hydrogen-bond donors (Lipinski definition) is 0. The highest BCUT2D eigenvalue weighted by Gasteiger charge is 2.29. The maximum absolute atomic E-state index is 13.6. The van der Waals surface area contributed by atoms with E-state index in [1.807, 2.05) is 36.4 Å². The van der Waals surface area contributed by atoms with Crippen LogP contribution in [0.4, 0.5) is 4.39 Å². The van der Waals surface area contributed by atoms with Crippen LogP contribution in [0.3, 0.4) is 0 Å². The lowest BCUT2D eigenvalue weighted by Gasteiger charge is -2.15. The molecule has 2 aromatic carbocycles. The van der Waals surface area contributed by atoms with E-state index in [9.17, 15) is 14.4 Å². The second kappa shape index (κ2) is 8.93. The van der Waals surface area contributed by atoms with Gasteiger partial charge in [-0.1, -0.05) is 42.5 Å². The normalized spacial score (nSPS) is 14.0. The fraction of sp³-hybridized carbons (Fsp3) is 0.192. The van der Waals surface area contributed by atoms with E-state index in [0.29, 0.717) is 5.92 Å². The number of nitriles is 1. The Morgan fingerprint density at radius 1 is 1.23 bits per heavy atom. The number of carbonyl (C=O) groups excluding carboxylic acids is 1. The number of carbonyl (C=O) groups is 1. The van der Waals surface area contributed by atoms with Crippen molar-refractivity contribution in [3.8, 4) is 17.2 Å². The number of rotatable bonds is 6. The van der Waals surface area contributed by atoms with Gasteiger partial charge >= 0.3 is 5.97 Å². The van der Waals surface area contributed by atoms with Crippen LogP contribution in [0.15, 0.2) is 66.3 Å². The first-order valence-corrected chi connectivity index (χ1v) is 10.3. The van der Waals surface area contributed by atoms with Crippen molar-refractivity contribution in [2.45, 2.75) is 25.7 Å². The number of para-hydroxylation sites is 1. The van der Waals surface area contributed by atoms with Crippen molar-refractivity contribution in [3.63, 3.8) is 0 Å². The van der Waals surface area contributed by atoms with E-state index in [1.54, 1.807) is 25.1 Å². The van der Waals surface area contributed by atoms with E-state index in [-0.39, 0.29) is 18.0 Å². The quantitative estimate of drug-likeness (QED) is 0.217. The molecule has 0 saturated heterocycles. The standard InChI is InChI=1S/C26H21FN2O2/c1-2-31-26(30)19(16-28)6-5-8-22-24(17-12-14-20(27)15-13-17)21-7-3-4-9-23(21)29-25(22)18-10-11-18/h3-9,12-15,18H,2,10-11H2,1H3/b8-5+,19-6+. The van der Waals surface area contributed by atoms with Crippen molar-refractivity contribution in [1.82, 2.24) is 4.98 Å². The number of benzene rings is 2. The average Bonchev–Trinajstić information content (AvgIpc) is 3.62. The van der Waals surface area contributed by atoms with Crippen molar-refractivity contribution in [3.05, 3.63) is 83.3 Å². The number of esters is 1. The predicted molar refractivity (Wildman–Crippen MR) is 118 cm³/mol. The number of aromatic nitrogens is 1. The molecule has 1 heterocycles. The second-order valence-corrected chi connectivity index (χ2v) is 7.36. The number of fused-ring (bicyclic) bond motifs is 1. The molecule has 4 rings (SSSR count). The molecule has 5 heteroatoms. The maximum Gasteiger partial charge on any atom is 0.348 e. The second-order valence-electron chi connectivity index (χ2n) is 7.36. The molecule has 154 valence electrons. The van der Waals surface area contributed by atoms with Crippen molar-refractivity contribution in [2.75, 3.05) is 6.61 Å². The summed E-state index contributed by atoms with van der Waals surface area (Å²) >= 11 is 0. The van der Waals surface area contributed by atoms with Crippen LogP contribution in [0.2, 0.25) is 0 Å². The van der Waals surface area contributed by atoms with E-state index in [4.69, 9.17) is 9.72 Å². The molecule has 0 amide bonds. The van der Waals surface area contributed by atoms with Crippen LogP contribution in [0, 0.1) is 17.1 Å². The highest BCUT2D eigenvalue weighted by Crippen LogP contribution is 2.45. The van der Waals surface area contributed by atoms with Gasteiger partial charge in [0.05, 0.1) is 17.8 Å². The Kier molecular flexibility index (Phi) is 5.90. The lowest BCUT2D eigenvalue weighted by atomic mass is 9.92. The number of nitrogens with zero attached hydrogens (tertiary/aromatic N) is 2. The molecule has 1 fully saturated rings.